The lowest BCUT2D eigenvalue weighted by atomic mass is 10.3. The van der Waals surface area contributed by atoms with Crippen molar-refractivity contribution in [3.8, 4) is 0 Å². The van der Waals surface area contributed by atoms with Crippen LogP contribution in [-0.4, -0.2) is 31.8 Å². The lowest BCUT2D eigenvalue weighted by Crippen LogP contribution is -2.29. The molecule has 1 aliphatic heterocycles. The molecule has 134 valence electrons. The Kier molecular flexibility index (Phi) is 5.31. The minimum Gasteiger partial charge on any atom is -0.472 e. The second-order valence-corrected chi connectivity index (χ2v) is 8.01. The highest BCUT2D eigenvalue weighted by molar-refractivity contribution is 7.89. The third-order valence-corrected chi connectivity index (χ3v) is 6.29. The monoisotopic (exact) mass is 383 g/mol. The van der Waals surface area contributed by atoms with Crippen LogP contribution in [0.2, 0.25) is 5.02 Å². The Hall–Kier alpha value is -2.03. The molecule has 2 N–H and O–H groups in total. The number of anilines is 1. The molecular weight excluding hydrogens is 366 g/mol. The molecule has 0 radical (unpaired) electrons. The van der Waals surface area contributed by atoms with Gasteiger partial charge in [-0.1, -0.05) is 11.6 Å². The number of halogens is 1. The summed E-state index contributed by atoms with van der Waals surface area (Å²) in [5.41, 5.74) is 1.18. The van der Waals surface area contributed by atoms with Crippen molar-refractivity contribution in [1.82, 2.24) is 9.62 Å². The Morgan fingerprint density at radius 1 is 1.24 bits per heavy atom. The van der Waals surface area contributed by atoms with Gasteiger partial charge in [0.15, 0.2) is 0 Å². The van der Waals surface area contributed by atoms with Crippen LogP contribution in [0.5, 0.6) is 0 Å². The first-order valence-corrected chi connectivity index (χ1v) is 9.64. The first-order chi connectivity index (χ1) is 12.0. The van der Waals surface area contributed by atoms with Gasteiger partial charge in [0.05, 0.1) is 17.5 Å². The van der Waals surface area contributed by atoms with Crippen molar-refractivity contribution in [2.75, 3.05) is 18.4 Å². The summed E-state index contributed by atoms with van der Waals surface area (Å²) in [7, 11) is -3.66. The number of sulfonamides is 1. The molecule has 2 amide bonds. The number of urea groups is 1. The lowest BCUT2D eigenvalue weighted by molar-refractivity contribution is 0.251. The summed E-state index contributed by atoms with van der Waals surface area (Å²) in [5.74, 6) is 0. The number of nitrogens with one attached hydrogen (secondary N) is 2. The van der Waals surface area contributed by atoms with E-state index in [1.165, 1.54) is 29.0 Å². The molecule has 7 nitrogen and oxygen atoms in total. The zero-order valence-electron chi connectivity index (χ0n) is 13.4. The number of amides is 2. The molecule has 1 fully saturated rings. The second kappa shape index (κ2) is 7.47. The van der Waals surface area contributed by atoms with Gasteiger partial charge in [-0.2, -0.15) is 4.31 Å². The fourth-order valence-electron chi connectivity index (χ4n) is 2.60. The Morgan fingerprint density at radius 3 is 2.68 bits per heavy atom. The first kappa shape index (κ1) is 17.8. The topological polar surface area (TPSA) is 91.6 Å². The van der Waals surface area contributed by atoms with Crippen LogP contribution in [-0.2, 0) is 16.6 Å². The summed E-state index contributed by atoms with van der Waals surface area (Å²) in [5, 5.41) is 5.41. The summed E-state index contributed by atoms with van der Waals surface area (Å²) in [6.45, 7) is 1.28. The highest BCUT2D eigenvalue weighted by Gasteiger charge is 2.29. The Bertz CT molecular complexity index is 846. The standard InChI is InChI=1S/C16H18ClN3O4S/c17-14-4-3-13(19-16(21)18-10-12-5-8-24-11-12)9-15(14)25(22,23)20-6-1-2-7-20/h3-5,8-9,11H,1-2,6-7,10H2,(H2,18,19,21). The number of rotatable bonds is 5. The van der Waals surface area contributed by atoms with E-state index < -0.39 is 16.1 Å². The number of furan rings is 1. The molecule has 1 aromatic carbocycles. The van der Waals surface area contributed by atoms with E-state index in [0.29, 0.717) is 25.3 Å². The van der Waals surface area contributed by atoms with Gasteiger partial charge in [0.2, 0.25) is 10.0 Å². The average molecular weight is 384 g/mol. The molecule has 0 aliphatic carbocycles. The average Bonchev–Trinajstić information content (AvgIpc) is 3.28. The number of hydrogen-bond acceptors (Lipinski definition) is 4. The minimum absolute atomic E-state index is 0.00343. The maximum absolute atomic E-state index is 12.7. The van der Waals surface area contributed by atoms with Crippen LogP contribution in [0, 0.1) is 0 Å². The molecule has 2 heterocycles. The van der Waals surface area contributed by atoms with Crippen molar-refractivity contribution >= 4 is 33.3 Å². The fraction of sp³-hybridized carbons (Fsp3) is 0.312. The van der Waals surface area contributed by atoms with Crippen molar-refractivity contribution in [2.24, 2.45) is 0 Å². The van der Waals surface area contributed by atoms with Crippen molar-refractivity contribution < 1.29 is 17.6 Å². The number of nitrogens with zero attached hydrogens (tertiary/aromatic N) is 1. The molecule has 1 aromatic heterocycles. The van der Waals surface area contributed by atoms with Crippen LogP contribution < -0.4 is 10.6 Å². The van der Waals surface area contributed by atoms with Crippen molar-refractivity contribution in [3.05, 3.63) is 47.4 Å². The molecule has 1 aliphatic rings. The van der Waals surface area contributed by atoms with E-state index in [0.717, 1.165) is 18.4 Å². The Labute approximate surface area is 151 Å². The molecular formula is C16H18ClN3O4S. The van der Waals surface area contributed by atoms with Gasteiger partial charge in [0, 0.05) is 30.9 Å². The van der Waals surface area contributed by atoms with E-state index in [-0.39, 0.29) is 9.92 Å². The van der Waals surface area contributed by atoms with Gasteiger partial charge >= 0.3 is 6.03 Å². The molecule has 2 aromatic rings. The van der Waals surface area contributed by atoms with Gasteiger partial charge in [0.1, 0.15) is 4.90 Å². The smallest absolute Gasteiger partial charge is 0.319 e. The summed E-state index contributed by atoms with van der Waals surface area (Å²) < 4.78 is 31.7. The molecule has 0 saturated carbocycles. The predicted molar refractivity (Wildman–Crippen MR) is 94.0 cm³/mol. The second-order valence-electron chi connectivity index (χ2n) is 5.70. The third-order valence-electron chi connectivity index (χ3n) is 3.91. The van der Waals surface area contributed by atoms with E-state index in [9.17, 15) is 13.2 Å². The zero-order chi connectivity index (χ0) is 17.9. The van der Waals surface area contributed by atoms with Crippen LogP contribution in [0.15, 0.2) is 46.1 Å². The maximum Gasteiger partial charge on any atom is 0.319 e. The first-order valence-electron chi connectivity index (χ1n) is 7.82. The minimum atomic E-state index is -3.66. The molecule has 9 heteroatoms. The predicted octanol–water partition coefficient (Wildman–Crippen LogP) is 3.04. The van der Waals surface area contributed by atoms with Gasteiger partial charge in [-0.05, 0) is 37.1 Å². The van der Waals surface area contributed by atoms with Gasteiger partial charge < -0.3 is 15.1 Å². The number of benzene rings is 1. The van der Waals surface area contributed by atoms with Crippen LogP contribution in [0.4, 0.5) is 10.5 Å². The van der Waals surface area contributed by atoms with Gasteiger partial charge in [-0.3, -0.25) is 0 Å². The molecule has 0 unspecified atom stereocenters. The number of hydrogen-bond donors (Lipinski definition) is 2. The number of carbonyl (C=O) groups excluding carboxylic acids is 1. The summed E-state index contributed by atoms with van der Waals surface area (Å²) in [6, 6.07) is 5.70. The number of carbonyl (C=O) groups is 1. The van der Waals surface area contributed by atoms with Gasteiger partial charge in [0.25, 0.3) is 0 Å². The molecule has 3 rings (SSSR count). The quantitative estimate of drug-likeness (QED) is 0.830. The van der Waals surface area contributed by atoms with E-state index in [2.05, 4.69) is 10.6 Å². The van der Waals surface area contributed by atoms with E-state index >= 15 is 0 Å². The van der Waals surface area contributed by atoms with Crippen LogP contribution in [0.1, 0.15) is 18.4 Å². The van der Waals surface area contributed by atoms with E-state index in [1.54, 1.807) is 12.1 Å². The SMILES string of the molecule is O=C(NCc1ccoc1)Nc1ccc(Cl)c(S(=O)(=O)N2CCCC2)c1. The largest absolute Gasteiger partial charge is 0.472 e. The highest BCUT2D eigenvalue weighted by Crippen LogP contribution is 2.29. The maximum atomic E-state index is 12.7. The summed E-state index contributed by atoms with van der Waals surface area (Å²) in [4.78, 5) is 12.0. The van der Waals surface area contributed by atoms with Crippen molar-refractivity contribution in [2.45, 2.75) is 24.3 Å². The molecule has 0 spiro atoms. The van der Waals surface area contributed by atoms with Crippen molar-refractivity contribution in [1.29, 1.82) is 0 Å². The van der Waals surface area contributed by atoms with Gasteiger partial charge in [-0.25, -0.2) is 13.2 Å². The Morgan fingerprint density at radius 2 is 2.00 bits per heavy atom. The molecule has 1 saturated heterocycles. The zero-order valence-corrected chi connectivity index (χ0v) is 14.9. The third kappa shape index (κ3) is 4.15. The van der Waals surface area contributed by atoms with Crippen LogP contribution in [0.25, 0.3) is 0 Å². The highest BCUT2D eigenvalue weighted by atomic mass is 35.5. The van der Waals surface area contributed by atoms with Crippen LogP contribution >= 0.6 is 11.6 Å². The lowest BCUT2D eigenvalue weighted by Gasteiger charge is -2.17. The fourth-order valence-corrected chi connectivity index (χ4v) is 4.61. The molecule has 0 atom stereocenters. The Balaban J connectivity index is 1.71. The van der Waals surface area contributed by atoms with Gasteiger partial charge in [-0.15, -0.1) is 0 Å². The van der Waals surface area contributed by atoms with Crippen molar-refractivity contribution in [3.63, 3.8) is 0 Å². The van der Waals surface area contributed by atoms with E-state index in [1.807, 2.05) is 0 Å². The van der Waals surface area contributed by atoms with Crippen LogP contribution in [0.3, 0.4) is 0 Å². The summed E-state index contributed by atoms with van der Waals surface area (Å²) >= 11 is 6.08. The normalized spacial score (nSPS) is 15.2. The molecule has 25 heavy (non-hydrogen) atoms. The van der Waals surface area contributed by atoms with E-state index in [4.69, 9.17) is 16.0 Å². The molecule has 0 bridgehead atoms. The summed E-state index contributed by atoms with van der Waals surface area (Å²) in [6.07, 6.45) is 4.73.